The maximum atomic E-state index is 8.27. The second kappa shape index (κ2) is 4.38. The quantitative estimate of drug-likeness (QED) is 0.422. The molecule has 0 spiro atoms. The highest BCUT2D eigenvalue weighted by molar-refractivity contribution is 5.79. The van der Waals surface area contributed by atoms with Crippen molar-refractivity contribution in [2.75, 3.05) is 6.61 Å². The molecule has 0 heterocycles. The third-order valence-corrected chi connectivity index (χ3v) is 1.38. The van der Waals surface area contributed by atoms with E-state index in [0.717, 1.165) is 11.3 Å². The van der Waals surface area contributed by atoms with E-state index >= 15 is 0 Å². The van der Waals surface area contributed by atoms with E-state index in [1.165, 1.54) is 6.21 Å². The molecule has 0 amide bonds. The summed E-state index contributed by atoms with van der Waals surface area (Å²) in [6, 6.07) is 7.35. The Labute approximate surface area is 71.3 Å². The predicted octanol–water partition coefficient (Wildman–Crippen LogP) is 1.89. The zero-order chi connectivity index (χ0) is 8.81. The highest BCUT2D eigenvalue weighted by Crippen LogP contribution is 2.11. The third kappa shape index (κ3) is 2.27. The summed E-state index contributed by atoms with van der Waals surface area (Å²) >= 11 is 0. The second-order valence-corrected chi connectivity index (χ2v) is 2.25. The molecule has 1 N–H and O–H groups in total. The van der Waals surface area contributed by atoms with Crippen LogP contribution in [0.1, 0.15) is 12.5 Å². The summed E-state index contributed by atoms with van der Waals surface area (Å²) in [6.07, 6.45) is 1.36. The number of rotatable bonds is 3. The van der Waals surface area contributed by atoms with Crippen molar-refractivity contribution in [2.45, 2.75) is 6.92 Å². The van der Waals surface area contributed by atoms with Crippen LogP contribution in [0.5, 0.6) is 5.75 Å². The summed E-state index contributed by atoms with van der Waals surface area (Å²) in [5.74, 6) is 0.787. The van der Waals surface area contributed by atoms with Gasteiger partial charge in [-0.2, -0.15) is 0 Å². The minimum absolute atomic E-state index is 0.639. The molecule has 3 heteroatoms. The lowest BCUT2D eigenvalue weighted by molar-refractivity contribution is 0.321. The van der Waals surface area contributed by atoms with E-state index in [9.17, 15) is 0 Å². The SMILES string of the molecule is CCOc1cccc(/C=N\O)c1. The maximum Gasteiger partial charge on any atom is 0.119 e. The fourth-order valence-corrected chi connectivity index (χ4v) is 0.918. The lowest BCUT2D eigenvalue weighted by atomic mass is 10.2. The van der Waals surface area contributed by atoms with E-state index in [1.54, 1.807) is 0 Å². The molecule has 0 saturated carbocycles. The number of oxime groups is 1. The van der Waals surface area contributed by atoms with Gasteiger partial charge in [-0.3, -0.25) is 0 Å². The van der Waals surface area contributed by atoms with Gasteiger partial charge in [-0.1, -0.05) is 17.3 Å². The summed E-state index contributed by atoms with van der Waals surface area (Å²) in [4.78, 5) is 0. The topological polar surface area (TPSA) is 41.8 Å². The van der Waals surface area contributed by atoms with Crippen molar-refractivity contribution < 1.29 is 9.94 Å². The van der Waals surface area contributed by atoms with Crippen LogP contribution in [0.15, 0.2) is 29.4 Å². The molecule has 0 aliphatic rings. The number of ether oxygens (including phenoxy) is 1. The first-order chi connectivity index (χ1) is 5.86. The van der Waals surface area contributed by atoms with E-state index < -0.39 is 0 Å². The first-order valence-corrected chi connectivity index (χ1v) is 3.77. The summed E-state index contributed by atoms with van der Waals surface area (Å²) in [6.45, 7) is 2.56. The van der Waals surface area contributed by atoms with Crippen LogP contribution in [-0.2, 0) is 0 Å². The minimum atomic E-state index is 0.639. The molecular weight excluding hydrogens is 154 g/mol. The van der Waals surface area contributed by atoms with Crippen LogP contribution in [0, 0.1) is 0 Å². The van der Waals surface area contributed by atoms with Crippen LogP contribution in [0.4, 0.5) is 0 Å². The van der Waals surface area contributed by atoms with E-state index in [1.807, 2.05) is 31.2 Å². The van der Waals surface area contributed by atoms with Gasteiger partial charge in [-0.25, -0.2) is 0 Å². The Morgan fingerprint density at radius 3 is 3.08 bits per heavy atom. The second-order valence-electron chi connectivity index (χ2n) is 2.25. The van der Waals surface area contributed by atoms with Gasteiger partial charge in [0.05, 0.1) is 12.8 Å². The molecule has 0 aliphatic heterocycles. The maximum absolute atomic E-state index is 8.27. The van der Waals surface area contributed by atoms with Crippen molar-refractivity contribution in [3.63, 3.8) is 0 Å². The molecule has 12 heavy (non-hydrogen) atoms. The molecule has 1 rings (SSSR count). The molecule has 0 fully saturated rings. The highest BCUT2D eigenvalue weighted by atomic mass is 16.5. The van der Waals surface area contributed by atoms with Crippen LogP contribution in [0.2, 0.25) is 0 Å². The smallest absolute Gasteiger partial charge is 0.119 e. The van der Waals surface area contributed by atoms with Crippen LogP contribution in [0.3, 0.4) is 0 Å². The average Bonchev–Trinajstić information content (AvgIpc) is 2.06. The van der Waals surface area contributed by atoms with Gasteiger partial charge in [-0.05, 0) is 24.6 Å². The molecule has 0 atom stereocenters. The lowest BCUT2D eigenvalue weighted by Crippen LogP contribution is -1.91. The average molecular weight is 165 g/mol. The fraction of sp³-hybridized carbons (Fsp3) is 0.222. The van der Waals surface area contributed by atoms with E-state index in [4.69, 9.17) is 9.94 Å². The zero-order valence-electron chi connectivity index (χ0n) is 6.90. The Kier molecular flexibility index (Phi) is 3.14. The van der Waals surface area contributed by atoms with E-state index in [2.05, 4.69) is 5.16 Å². The van der Waals surface area contributed by atoms with Crippen molar-refractivity contribution >= 4 is 6.21 Å². The number of benzene rings is 1. The number of hydrogen-bond donors (Lipinski definition) is 1. The molecule has 0 unspecified atom stereocenters. The number of nitrogens with zero attached hydrogens (tertiary/aromatic N) is 1. The summed E-state index contributed by atoms with van der Waals surface area (Å²) in [7, 11) is 0. The van der Waals surface area contributed by atoms with Gasteiger partial charge in [0.25, 0.3) is 0 Å². The van der Waals surface area contributed by atoms with Crippen LogP contribution in [0.25, 0.3) is 0 Å². The van der Waals surface area contributed by atoms with Gasteiger partial charge in [-0.15, -0.1) is 0 Å². The van der Waals surface area contributed by atoms with Crippen molar-refractivity contribution in [3.8, 4) is 5.75 Å². The zero-order valence-corrected chi connectivity index (χ0v) is 6.90. The molecule has 0 aliphatic carbocycles. The van der Waals surface area contributed by atoms with E-state index in [0.29, 0.717) is 6.61 Å². The van der Waals surface area contributed by atoms with Gasteiger partial charge in [0.2, 0.25) is 0 Å². The first-order valence-electron chi connectivity index (χ1n) is 3.77. The Bertz CT molecular complexity index is 271. The molecule has 0 saturated heterocycles. The van der Waals surface area contributed by atoms with Crippen LogP contribution < -0.4 is 4.74 Å². The largest absolute Gasteiger partial charge is 0.494 e. The first kappa shape index (κ1) is 8.59. The number of hydrogen-bond acceptors (Lipinski definition) is 3. The van der Waals surface area contributed by atoms with Crippen LogP contribution in [-0.4, -0.2) is 18.0 Å². The molecule has 1 aromatic rings. The van der Waals surface area contributed by atoms with Crippen molar-refractivity contribution in [1.29, 1.82) is 0 Å². The van der Waals surface area contributed by atoms with Gasteiger partial charge in [0.15, 0.2) is 0 Å². The minimum Gasteiger partial charge on any atom is -0.494 e. The van der Waals surface area contributed by atoms with Gasteiger partial charge in [0.1, 0.15) is 5.75 Å². The normalized spacial score (nSPS) is 10.4. The predicted molar refractivity (Wildman–Crippen MR) is 47.0 cm³/mol. The third-order valence-electron chi connectivity index (χ3n) is 1.38. The van der Waals surface area contributed by atoms with E-state index in [-0.39, 0.29) is 0 Å². The molecular formula is C9H11NO2. The highest BCUT2D eigenvalue weighted by Gasteiger charge is 1.92. The molecule has 0 radical (unpaired) electrons. The molecule has 3 nitrogen and oxygen atoms in total. The van der Waals surface area contributed by atoms with Gasteiger partial charge in [0, 0.05) is 0 Å². The monoisotopic (exact) mass is 165 g/mol. The molecule has 1 aromatic carbocycles. The Balaban J connectivity index is 2.80. The summed E-state index contributed by atoms with van der Waals surface area (Å²) in [5, 5.41) is 11.2. The standard InChI is InChI=1S/C9H11NO2/c1-2-12-9-5-3-4-8(6-9)7-10-11/h3-7,11H,2H2,1H3/b10-7-. The Morgan fingerprint density at radius 1 is 1.58 bits per heavy atom. The summed E-state index contributed by atoms with van der Waals surface area (Å²) < 4.78 is 5.25. The molecule has 0 bridgehead atoms. The molecule has 64 valence electrons. The van der Waals surface area contributed by atoms with Crippen molar-refractivity contribution in [2.24, 2.45) is 5.16 Å². The van der Waals surface area contributed by atoms with Crippen LogP contribution >= 0.6 is 0 Å². The fourth-order valence-electron chi connectivity index (χ4n) is 0.918. The Hall–Kier alpha value is -1.51. The van der Waals surface area contributed by atoms with Gasteiger partial charge < -0.3 is 9.94 Å². The lowest BCUT2D eigenvalue weighted by Gasteiger charge is -2.01. The summed E-state index contributed by atoms with van der Waals surface area (Å²) in [5.41, 5.74) is 0.823. The van der Waals surface area contributed by atoms with Crippen molar-refractivity contribution in [1.82, 2.24) is 0 Å². The molecule has 0 aromatic heterocycles. The van der Waals surface area contributed by atoms with Crippen molar-refractivity contribution in [3.05, 3.63) is 29.8 Å². The van der Waals surface area contributed by atoms with Gasteiger partial charge >= 0.3 is 0 Å². The Morgan fingerprint density at radius 2 is 2.42 bits per heavy atom.